The van der Waals surface area contributed by atoms with Gasteiger partial charge in [-0.2, -0.15) is 0 Å². The van der Waals surface area contributed by atoms with E-state index in [4.69, 9.17) is 24.0 Å². The summed E-state index contributed by atoms with van der Waals surface area (Å²) < 4.78 is 32.1. The second kappa shape index (κ2) is 23.0. The highest BCUT2D eigenvalue weighted by molar-refractivity contribution is 8.01. The Hall–Kier alpha value is -3.73. The molecule has 0 aromatic heterocycles. The van der Waals surface area contributed by atoms with E-state index in [1.165, 1.54) is 47.0 Å². The fourth-order valence-corrected chi connectivity index (χ4v) is 12.9. The fraction of sp³-hybridized carbons (Fsp3) is 0.472. The van der Waals surface area contributed by atoms with Crippen molar-refractivity contribution in [1.29, 1.82) is 0 Å². The molecular formula is C53H72NO11PS4. The van der Waals surface area contributed by atoms with Crippen molar-refractivity contribution in [3.8, 4) is 23.0 Å². The predicted molar refractivity (Wildman–Crippen MR) is 285 cm³/mol. The zero-order valence-corrected chi connectivity index (χ0v) is 47.5. The quantitative estimate of drug-likeness (QED) is 0.0392. The molecule has 0 unspecified atom stereocenters. The number of hydrogen-bond donors (Lipinski definition) is 6. The first kappa shape index (κ1) is 58.8. The van der Waals surface area contributed by atoms with Crippen molar-refractivity contribution in [3.63, 3.8) is 0 Å². The number of fused-ring (bicyclic) bond motifs is 8. The number of carboxylic acids is 2. The van der Waals surface area contributed by atoms with Crippen molar-refractivity contribution in [2.24, 2.45) is 0 Å². The van der Waals surface area contributed by atoms with Crippen molar-refractivity contribution in [2.45, 2.75) is 177 Å². The number of phenols is 3. The van der Waals surface area contributed by atoms with Crippen molar-refractivity contribution in [2.75, 3.05) is 26.4 Å². The van der Waals surface area contributed by atoms with Crippen LogP contribution in [-0.4, -0.2) is 69.1 Å². The molecule has 5 rings (SSSR count). The molecule has 384 valence electrons. The SMILES string of the molecule is CCOP(=O)(OCC)C(C)(C)NCCOc1c2cc(C(C)(C)C)cc1Sc1cc(C(C)(C)C)cc(c1O)Sc1cc(C(C)(C)C)cc(c1O)Sc1cc(C(C)(C)C)cc(c1O)S2.O=C(O)/C=C\C(=O)O. The van der Waals surface area contributed by atoms with Gasteiger partial charge in [0.25, 0.3) is 0 Å². The highest BCUT2D eigenvalue weighted by Gasteiger charge is 2.43. The van der Waals surface area contributed by atoms with Crippen molar-refractivity contribution >= 4 is 66.6 Å². The third-order valence-electron chi connectivity index (χ3n) is 11.0. The monoisotopic (exact) mass is 1060 g/mol. The van der Waals surface area contributed by atoms with E-state index >= 15 is 0 Å². The standard InChI is InChI=1S/C49H68NO7PS4.C4H4O4/c1-17-56-58(54,57-18-2)49(15,16)50-19-20-55-44-39-27-32(48(12,13)14)28-40(44)62-38-26-31(47(9,10)11)24-36(43(38)53)60-34-22-29(45(3,4)5)21-33(41(34)51)59-35-23-30(46(6,7)8)25-37(61-39)42(35)52;5-3(6)1-2-4(7)8/h21-28,50-53H,17-20H2,1-16H3;1-2H,(H,5,6)(H,7,8)/b;2-1-. The lowest BCUT2D eigenvalue weighted by Crippen LogP contribution is -2.42. The maximum absolute atomic E-state index is 13.8. The molecule has 0 radical (unpaired) electrons. The van der Waals surface area contributed by atoms with Crippen LogP contribution in [0.2, 0.25) is 0 Å². The second-order valence-corrected chi connectivity index (χ2v) is 28.3. The number of hydrogen-bond acceptors (Lipinski definition) is 14. The fourth-order valence-electron chi connectivity index (χ4n) is 6.74. The minimum Gasteiger partial charge on any atom is -0.506 e. The maximum atomic E-state index is 13.8. The number of phenolic OH excluding ortho intramolecular Hbond substituents is 3. The van der Waals surface area contributed by atoms with Gasteiger partial charge in [0.2, 0.25) is 0 Å². The first-order chi connectivity index (χ1) is 32.1. The summed E-state index contributed by atoms with van der Waals surface area (Å²) in [5.74, 6) is -1.60. The van der Waals surface area contributed by atoms with Crippen LogP contribution in [-0.2, 0) is 44.9 Å². The Kier molecular flexibility index (Phi) is 19.3. The van der Waals surface area contributed by atoms with E-state index in [0.29, 0.717) is 53.8 Å². The molecule has 0 fully saturated rings. The molecule has 17 heteroatoms. The van der Waals surface area contributed by atoms with Gasteiger partial charge in [0.05, 0.1) is 52.4 Å². The highest BCUT2D eigenvalue weighted by atomic mass is 32.2. The molecule has 1 aliphatic rings. The van der Waals surface area contributed by atoms with Gasteiger partial charge < -0.3 is 39.3 Å². The number of ether oxygens (including phenoxy) is 1. The summed E-state index contributed by atoms with van der Waals surface area (Å²) in [5, 5.41) is 54.7. The molecule has 0 aliphatic carbocycles. The lowest BCUT2D eigenvalue weighted by molar-refractivity contribution is -0.134. The summed E-state index contributed by atoms with van der Waals surface area (Å²) in [4.78, 5) is 24.4. The maximum Gasteiger partial charge on any atom is 0.349 e. The minimum atomic E-state index is -3.52. The topological polar surface area (TPSA) is 192 Å². The molecule has 0 saturated carbocycles. The number of carboxylic acid groups (broad SMARTS) is 2. The Morgan fingerprint density at radius 2 is 0.771 bits per heavy atom. The Labute approximate surface area is 432 Å². The molecule has 8 bridgehead atoms. The Bertz CT molecular complexity index is 2490. The zero-order chi connectivity index (χ0) is 52.9. The largest absolute Gasteiger partial charge is 0.506 e. The smallest absolute Gasteiger partial charge is 0.349 e. The van der Waals surface area contributed by atoms with Crippen LogP contribution in [0.3, 0.4) is 0 Å². The third-order valence-corrected chi connectivity index (χ3v) is 18.0. The van der Waals surface area contributed by atoms with Gasteiger partial charge in [-0.1, -0.05) is 130 Å². The van der Waals surface area contributed by atoms with Crippen LogP contribution in [0.15, 0.2) is 99.8 Å². The molecule has 6 N–H and O–H groups in total. The molecular weight excluding hydrogens is 986 g/mol. The van der Waals surface area contributed by atoms with Gasteiger partial charge in [-0.3, -0.25) is 9.88 Å². The predicted octanol–water partition coefficient (Wildman–Crippen LogP) is 14.6. The summed E-state index contributed by atoms with van der Waals surface area (Å²) in [5.41, 5.74) is 3.07. The van der Waals surface area contributed by atoms with E-state index in [2.05, 4.69) is 101 Å². The van der Waals surface area contributed by atoms with E-state index in [-0.39, 0.29) is 58.7 Å². The molecule has 70 heavy (non-hydrogen) atoms. The molecule has 0 amide bonds. The van der Waals surface area contributed by atoms with E-state index in [9.17, 15) is 29.5 Å². The van der Waals surface area contributed by atoms with Gasteiger partial charge in [-0.05, 0) is 120 Å². The highest BCUT2D eigenvalue weighted by Crippen LogP contribution is 2.59. The van der Waals surface area contributed by atoms with Gasteiger partial charge in [0, 0.05) is 18.7 Å². The lowest BCUT2D eigenvalue weighted by atomic mass is 9.87. The average Bonchev–Trinajstić information content (AvgIpc) is 3.21. The van der Waals surface area contributed by atoms with E-state index in [1.807, 2.05) is 50.2 Å². The van der Waals surface area contributed by atoms with Crippen LogP contribution >= 0.6 is 54.6 Å². The molecule has 0 saturated heterocycles. The summed E-state index contributed by atoms with van der Waals surface area (Å²) in [7, 11) is -3.52. The van der Waals surface area contributed by atoms with Crippen LogP contribution in [0.25, 0.3) is 0 Å². The van der Waals surface area contributed by atoms with Crippen molar-refractivity contribution in [3.05, 3.63) is 82.9 Å². The number of benzene rings is 4. The third kappa shape index (κ3) is 15.2. The molecule has 1 aliphatic heterocycles. The Balaban J connectivity index is 0.00000122. The first-order valence-electron chi connectivity index (χ1n) is 23.0. The van der Waals surface area contributed by atoms with Gasteiger partial charge in [0.15, 0.2) is 0 Å². The van der Waals surface area contributed by atoms with Crippen molar-refractivity contribution < 1.29 is 53.5 Å². The van der Waals surface area contributed by atoms with Gasteiger partial charge in [-0.15, -0.1) is 0 Å². The summed E-state index contributed by atoms with van der Waals surface area (Å²) in [6.07, 6.45) is 1.12. The molecule has 4 aromatic rings. The van der Waals surface area contributed by atoms with Crippen LogP contribution < -0.4 is 10.1 Å². The number of carbonyl (C=O) groups is 2. The van der Waals surface area contributed by atoms with Crippen molar-refractivity contribution in [1.82, 2.24) is 5.32 Å². The van der Waals surface area contributed by atoms with Crippen LogP contribution in [0.1, 0.15) is 133 Å². The van der Waals surface area contributed by atoms with Gasteiger partial charge in [0.1, 0.15) is 34.9 Å². The van der Waals surface area contributed by atoms with Crippen LogP contribution in [0.5, 0.6) is 23.0 Å². The molecule has 0 atom stereocenters. The number of nitrogens with one attached hydrogen (secondary N) is 1. The number of aliphatic carboxylic acids is 2. The number of rotatable bonds is 12. The first-order valence-corrected chi connectivity index (χ1v) is 27.9. The normalized spacial score (nSPS) is 13.7. The lowest BCUT2D eigenvalue weighted by Gasteiger charge is -2.33. The molecule has 0 spiro atoms. The van der Waals surface area contributed by atoms with E-state index in [0.717, 1.165) is 32.0 Å². The van der Waals surface area contributed by atoms with E-state index in [1.54, 1.807) is 13.8 Å². The minimum absolute atomic E-state index is 0.0935. The van der Waals surface area contributed by atoms with Gasteiger partial charge >= 0.3 is 19.5 Å². The van der Waals surface area contributed by atoms with Crippen LogP contribution in [0.4, 0.5) is 0 Å². The van der Waals surface area contributed by atoms with E-state index < -0.39 is 24.8 Å². The van der Waals surface area contributed by atoms with Gasteiger partial charge in [-0.25, -0.2) is 9.59 Å². The number of aromatic hydroxyl groups is 3. The molecule has 4 aromatic carbocycles. The summed E-state index contributed by atoms with van der Waals surface area (Å²) in [6.45, 7) is 34.1. The molecule has 1 heterocycles. The summed E-state index contributed by atoms with van der Waals surface area (Å²) >= 11 is 5.55. The average molecular weight is 1060 g/mol. The zero-order valence-electron chi connectivity index (χ0n) is 43.4. The van der Waals surface area contributed by atoms with Crippen LogP contribution in [0, 0.1) is 0 Å². The second-order valence-electron chi connectivity index (χ2n) is 21.4. The molecule has 12 nitrogen and oxygen atoms in total. The Morgan fingerprint density at radius 1 is 0.514 bits per heavy atom. The Morgan fingerprint density at radius 3 is 1.01 bits per heavy atom. The summed E-state index contributed by atoms with van der Waals surface area (Å²) in [6, 6.07) is 16.4.